The number of aromatic carboxylic acids is 1. The lowest BCUT2D eigenvalue weighted by molar-refractivity contribution is 0.0690. The molecule has 0 spiro atoms. The van der Waals surface area contributed by atoms with Crippen LogP contribution in [0.4, 0.5) is 5.82 Å². The third kappa shape index (κ3) is 2.94. The summed E-state index contributed by atoms with van der Waals surface area (Å²) >= 11 is 0. The van der Waals surface area contributed by atoms with Gasteiger partial charge in [-0.05, 0) is 12.1 Å². The van der Waals surface area contributed by atoms with Crippen LogP contribution in [0, 0.1) is 0 Å². The van der Waals surface area contributed by atoms with Crippen LogP contribution < -0.4 is 14.8 Å². The number of hydrogen-bond acceptors (Lipinski definition) is 5. The van der Waals surface area contributed by atoms with E-state index in [9.17, 15) is 9.59 Å². The first kappa shape index (κ1) is 14.4. The van der Waals surface area contributed by atoms with Gasteiger partial charge in [0.2, 0.25) is 0 Å². The molecule has 0 aliphatic carbocycles. The molecule has 0 saturated heterocycles. The molecule has 0 aliphatic rings. The molecule has 0 unspecified atom stereocenters. The summed E-state index contributed by atoms with van der Waals surface area (Å²) < 4.78 is 10.3. The van der Waals surface area contributed by atoms with Crippen LogP contribution in [0.5, 0.6) is 11.5 Å². The van der Waals surface area contributed by atoms with Crippen LogP contribution in [0.3, 0.4) is 0 Å². The van der Waals surface area contributed by atoms with E-state index in [0.29, 0.717) is 5.75 Å². The predicted molar refractivity (Wildman–Crippen MR) is 73.0 cm³/mol. The number of carbonyl (C=O) groups is 2. The molecule has 2 rings (SSSR count). The van der Waals surface area contributed by atoms with Crippen LogP contribution in [0.15, 0.2) is 24.3 Å². The summed E-state index contributed by atoms with van der Waals surface area (Å²) in [4.78, 5) is 22.9. The lowest BCUT2D eigenvalue weighted by Crippen LogP contribution is -2.13. The first-order valence-electron chi connectivity index (χ1n) is 5.88. The van der Waals surface area contributed by atoms with Gasteiger partial charge in [-0.15, -0.1) is 0 Å². The van der Waals surface area contributed by atoms with Gasteiger partial charge < -0.3 is 19.9 Å². The molecule has 1 aromatic heterocycles. The molecule has 8 heteroatoms. The number of benzene rings is 1. The van der Waals surface area contributed by atoms with Crippen molar-refractivity contribution in [3.8, 4) is 11.5 Å². The first-order chi connectivity index (χ1) is 10.1. The number of para-hydroxylation sites is 1. The van der Waals surface area contributed by atoms with Gasteiger partial charge in [0.15, 0.2) is 17.3 Å². The van der Waals surface area contributed by atoms with Gasteiger partial charge >= 0.3 is 5.97 Å². The van der Waals surface area contributed by atoms with E-state index in [1.807, 2.05) is 0 Å². The van der Waals surface area contributed by atoms with Crippen LogP contribution in [0.25, 0.3) is 0 Å². The average Bonchev–Trinajstić information content (AvgIpc) is 2.94. The van der Waals surface area contributed by atoms with Gasteiger partial charge in [-0.2, -0.15) is 5.10 Å². The number of anilines is 1. The number of nitrogens with zero attached hydrogens (tertiary/aromatic N) is 1. The molecule has 2 aromatic rings. The van der Waals surface area contributed by atoms with Crippen molar-refractivity contribution < 1.29 is 24.2 Å². The highest BCUT2D eigenvalue weighted by molar-refractivity contribution is 6.06. The number of rotatable bonds is 5. The zero-order valence-electron chi connectivity index (χ0n) is 11.3. The molecule has 0 fully saturated rings. The van der Waals surface area contributed by atoms with Gasteiger partial charge in [-0.25, -0.2) is 4.79 Å². The second kappa shape index (κ2) is 5.95. The average molecular weight is 291 g/mol. The molecule has 1 heterocycles. The third-order valence-corrected chi connectivity index (χ3v) is 2.70. The summed E-state index contributed by atoms with van der Waals surface area (Å²) in [6, 6.07) is 6.07. The lowest BCUT2D eigenvalue weighted by Gasteiger charge is -2.11. The zero-order chi connectivity index (χ0) is 15.4. The van der Waals surface area contributed by atoms with E-state index in [1.165, 1.54) is 20.3 Å². The summed E-state index contributed by atoms with van der Waals surface area (Å²) in [5.74, 6) is -0.858. The Morgan fingerprint density at radius 2 is 2.05 bits per heavy atom. The van der Waals surface area contributed by atoms with Crippen molar-refractivity contribution in [3.05, 3.63) is 35.5 Å². The second-order valence-electron chi connectivity index (χ2n) is 3.97. The predicted octanol–water partition coefficient (Wildman–Crippen LogP) is 1.38. The van der Waals surface area contributed by atoms with E-state index in [2.05, 4.69) is 15.5 Å². The number of carboxylic acid groups (broad SMARTS) is 1. The number of carboxylic acids is 1. The van der Waals surface area contributed by atoms with Crippen molar-refractivity contribution in [3.63, 3.8) is 0 Å². The summed E-state index contributed by atoms with van der Waals surface area (Å²) in [6.45, 7) is 0. The number of aromatic amines is 1. The normalized spacial score (nSPS) is 10.0. The highest BCUT2D eigenvalue weighted by atomic mass is 16.5. The Bertz CT molecular complexity index is 680. The maximum absolute atomic E-state index is 12.2. The number of nitrogens with one attached hydrogen (secondary N) is 2. The molecule has 0 saturated carbocycles. The van der Waals surface area contributed by atoms with E-state index in [1.54, 1.807) is 18.2 Å². The van der Waals surface area contributed by atoms with E-state index >= 15 is 0 Å². The van der Waals surface area contributed by atoms with E-state index in [4.69, 9.17) is 14.6 Å². The van der Waals surface area contributed by atoms with Crippen molar-refractivity contribution in [2.45, 2.75) is 0 Å². The van der Waals surface area contributed by atoms with E-state index in [0.717, 1.165) is 0 Å². The number of carbonyl (C=O) groups excluding carboxylic acids is 1. The summed E-state index contributed by atoms with van der Waals surface area (Å²) in [6.07, 6.45) is 0. The quantitative estimate of drug-likeness (QED) is 0.766. The minimum Gasteiger partial charge on any atom is -0.493 e. The molecular formula is C13H13N3O5. The maximum Gasteiger partial charge on any atom is 0.353 e. The minimum atomic E-state index is -1.16. The van der Waals surface area contributed by atoms with Gasteiger partial charge in [-0.1, -0.05) is 6.07 Å². The molecule has 1 aromatic carbocycles. The van der Waals surface area contributed by atoms with Crippen LogP contribution in [0.2, 0.25) is 0 Å². The summed E-state index contributed by atoms with van der Waals surface area (Å²) in [5, 5.41) is 17.2. The number of amides is 1. The molecule has 1 amide bonds. The fraction of sp³-hybridized carbons (Fsp3) is 0.154. The molecule has 110 valence electrons. The maximum atomic E-state index is 12.2. The smallest absolute Gasteiger partial charge is 0.353 e. The van der Waals surface area contributed by atoms with Crippen molar-refractivity contribution in [1.29, 1.82) is 0 Å². The van der Waals surface area contributed by atoms with Crippen molar-refractivity contribution in [2.24, 2.45) is 0 Å². The van der Waals surface area contributed by atoms with E-state index < -0.39 is 11.9 Å². The fourth-order valence-electron chi connectivity index (χ4n) is 1.74. The van der Waals surface area contributed by atoms with Gasteiger partial charge in [0.1, 0.15) is 5.69 Å². The Balaban J connectivity index is 2.25. The van der Waals surface area contributed by atoms with Gasteiger partial charge in [-0.3, -0.25) is 9.89 Å². The Morgan fingerprint density at radius 3 is 2.62 bits per heavy atom. The Morgan fingerprint density at radius 1 is 1.29 bits per heavy atom. The number of aromatic nitrogens is 2. The van der Waals surface area contributed by atoms with Crippen molar-refractivity contribution in [2.75, 3.05) is 19.5 Å². The molecule has 0 aliphatic heterocycles. The molecule has 0 bridgehead atoms. The highest BCUT2D eigenvalue weighted by Crippen LogP contribution is 2.31. The Hall–Kier alpha value is -3.03. The topological polar surface area (TPSA) is 114 Å². The first-order valence-corrected chi connectivity index (χ1v) is 5.88. The van der Waals surface area contributed by atoms with Crippen molar-refractivity contribution in [1.82, 2.24) is 10.2 Å². The number of methoxy groups -OCH3 is 2. The number of ether oxygens (including phenoxy) is 2. The van der Waals surface area contributed by atoms with Gasteiger partial charge in [0.25, 0.3) is 5.91 Å². The monoisotopic (exact) mass is 291 g/mol. The Kier molecular flexibility index (Phi) is 4.07. The van der Waals surface area contributed by atoms with E-state index in [-0.39, 0.29) is 22.8 Å². The standard InChI is InChI=1S/C13H13N3O5/c1-20-9-5-3-4-7(11(9)21-2)12(17)14-10-6-8(13(18)19)15-16-10/h3-6H,1-2H3,(H,18,19)(H2,14,15,16,17). The van der Waals surface area contributed by atoms with Crippen molar-refractivity contribution >= 4 is 17.7 Å². The zero-order valence-corrected chi connectivity index (χ0v) is 11.3. The minimum absolute atomic E-state index is 0.0993. The summed E-state index contributed by atoms with van der Waals surface area (Å²) in [5.41, 5.74) is 0.125. The SMILES string of the molecule is COc1cccc(C(=O)Nc2cc(C(=O)O)[nH]n2)c1OC. The molecular weight excluding hydrogens is 278 g/mol. The van der Waals surface area contributed by atoms with Gasteiger partial charge in [0, 0.05) is 6.07 Å². The summed E-state index contributed by atoms with van der Waals surface area (Å²) in [7, 11) is 2.89. The fourth-order valence-corrected chi connectivity index (χ4v) is 1.74. The van der Waals surface area contributed by atoms with Crippen LogP contribution in [-0.2, 0) is 0 Å². The largest absolute Gasteiger partial charge is 0.493 e. The second-order valence-corrected chi connectivity index (χ2v) is 3.97. The molecule has 0 radical (unpaired) electrons. The number of H-pyrrole nitrogens is 1. The molecule has 0 atom stereocenters. The lowest BCUT2D eigenvalue weighted by atomic mass is 10.1. The Labute approximate surface area is 119 Å². The molecule has 3 N–H and O–H groups in total. The third-order valence-electron chi connectivity index (χ3n) is 2.70. The molecule has 8 nitrogen and oxygen atoms in total. The molecule has 21 heavy (non-hydrogen) atoms. The highest BCUT2D eigenvalue weighted by Gasteiger charge is 2.18. The van der Waals surface area contributed by atoms with Crippen LogP contribution >= 0.6 is 0 Å². The van der Waals surface area contributed by atoms with Crippen LogP contribution in [-0.4, -0.2) is 41.4 Å². The van der Waals surface area contributed by atoms with Crippen LogP contribution in [0.1, 0.15) is 20.8 Å². The van der Waals surface area contributed by atoms with Gasteiger partial charge in [0.05, 0.1) is 19.8 Å². The number of hydrogen-bond donors (Lipinski definition) is 3.